The van der Waals surface area contributed by atoms with Crippen LogP contribution in [-0.2, 0) is 4.79 Å². The van der Waals surface area contributed by atoms with Gasteiger partial charge in [0, 0.05) is 12.1 Å². The number of hydrogen-bond acceptors (Lipinski definition) is 2. The van der Waals surface area contributed by atoms with Gasteiger partial charge < -0.3 is 10.8 Å². The SMILES string of the molecule is CCCCCCCC(=O)O.Nc1ccccc1. The van der Waals surface area contributed by atoms with Gasteiger partial charge >= 0.3 is 5.97 Å². The normalized spacial score (nSPS) is 9.24. The maximum absolute atomic E-state index is 10.0. The number of carbonyl (C=O) groups is 1. The lowest BCUT2D eigenvalue weighted by atomic mass is 10.1. The fourth-order valence-corrected chi connectivity index (χ4v) is 1.33. The van der Waals surface area contributed by atoms with Gasteiger partial charge in [-0.1, -0.05) is 50.8 Å². The fourth-order valence-electron chi connectivity index (χ4n) is 1.33. The van der Waals surface area contributed by atoms with Crippen LogP contribution in [0.2, 0.25) is 0 Å². The molecule has 0 aliphatic carbocycles. The number of unbranched alkanes of at least 4 members (excludes halogenated alkanes) is 4. The summed E-state index contributed by atoms with van der Waals surface area (Å²) in [6, 6.07) is 9.49. The molecule has 3 nitrogen and oxygen atoms in total. The molecule has 0 amide bonds. The molecule has 1 aromatic rings. The first-order valence-corrected chi connectivity index (χ1v) is 6.19. The average molecular weight is 237 g/mol. The second kappa shape index (κ2) is 11.0. The second-order valence-corrected chi connectivity index (χ2v) is 3.97. The molecule has 0 aromatic heterocycles. The summed E-state index contributed by atoms with van der Waals surface area (Å²) in [6.07, 6.45) is 5.88. The van der Waals surface area contributed by atoms with Crippen LogP contribution in [0.1, 0.15) is 45.4 Å². The number of anilines is 1. The van der Waals surface area contributed by atoms with Crippen LogP contribution in [0.3, 0.4) is 0 Å². The molecule has 3 heteroatoms. The molecule has 0 spiro atoms. The maximum atomic E-state index is 10.0. The molecule has 0 saturated heterocycles. The number of aliphatic carboxylic acids is 1. The van der Waals surface area contributed by atoms with Crippen molar-refractivity contribution in [1.82, 2.24) is 0 Å². The van der Waals surface area contributed by atoms with Gasteiger partial charge in [-0.25, -0.2) is 0 Å². The van der Waals surface area contributed by atoms with E-state index in [0.29, 0.717) is 6.42 Å². The first-order chi connectivity index (χ1) is 8.16. The molecular weight excluding hydrogens is 214 g/mol. The Hall–Kier alpha value is -1.51. The van der Waals surface area contributed by atoms with Gasteiger partial charge in [0.25, 0.3) is 0 Å². The highest BCUT2D eigenvalue weighted by Gasteiger charge is 1.94. The van der Waals surface area contributed by atoms with Crippen molar-refractivity contribution < 1.29 is 9.90 Å². The molecule has 0 atom stereocenters. The van der Waals surface area contributed by atoms with Crippen molar-refractivity contribution >= 4 is 11.7 Å². The Labute approximate surface area is 104 Å². The number of benzene rings is 1. The fraction of sp³-hybridized carbons (Fsp3) is 0.500. The molecule has 1 rings (SSSR count). The summed E-state index contributed by atoms with van der Waals surface area (Å²) < 4.78 is 0. The average Bonchev–Trinajstić information content (AvgIpc) is 2.30. The maximum Gasteiger partial charge on any atom is 0.303 e. The van der Waals surface area contributed by atoms with E-state index in [1.54, 1.807) is 0 Å². The highest BCUT2D eigenvalue weighted by molar-refractivity contribution is 5.66. The van der Waals surface area contributed by atoms with Crippen LogP contribution in [0.25, 0.3) is 0 Å². The molecule has 0 unspecified atom stereocenters. The van der Waals surface area contributed by atoms with E-state index in [0.717, 1.165) is 18.5 Å². The molecule has 0 fully saturated rings. The summed E-state index contributed by atoms with van der Waals surface area (Å²) in [5.74, 6) is -0.670. The molecule has 0 bridgehead atoms. The molecule has 17 heavy (non-hydrogen) atoms. The van der Waals surface area contributed by atoms with E-state index in [1.807, 2.05) is 30.3 Å². The van der Waals surface area contributed by atoms with Gasteiger partial charge in [-0.2, -0.15) is 0 Å². The Morgan fingerprint density at radius 1 is 1.12 bits per heavy atom. The van der Waals surface area contributed by atoms with Crippen molar-refractivity contribution in [2.24, 2.45) is 0 Å². The monoisotopic (exact) mass is 237 g/mol. The summed E-state index contributed by atoms with van der Waals surface area (Å²) in [5, 5.41) is 8.27. The van der Waals surface area contributed by atoms with Crippen LogP contribution >= 0.6 is 0 Å². The topological polar surface area (TPSA) is 63.3 Å². The Morgan fingerprint density at radius 3 is 2.12 bits per heavy atom. The third-order valence-corrected chi connectivity index (χ3v) is 2.29. The van der Waals surface area contributed by atoms with Gasteiger partial charge in [0.15, 0.2) is 0 Å². The van der Waals surface area contributed by atoms with Crippen LogP contribution in [-0.4, -0.2) is 11.1 Å². The van der Waals surface area contributed by atoms with Crippen LogP contribution in [0.15, 0.2) is 30.3 Å². The zero-order chi connectivity index (χ0) is 12.9. The van der Waals surface area contributed by atoms with E-state index in [4.69, 9.17) is 10.8 Å². The van der Waals surface area contributed by atoms with Gasteiger partial charge in [0.05, 0.1) is 0 Å². The van der Waals surface area contributed by atoms with Crippen molar-refractivity contribution in [1.29, 1.82) is 0 Å². The number of para-hydroxylation sites is 1. The van der Waals surface area contributed by atoms with E-state index in [9.17, 15) is 4.79 Å². The first kappa shape index (κ1) is 15.5. The second-order valence-electron chi connectivity index (χ2n) is 3.97. The summed E-state index contributed by atoms with van der Waals surface area (Å²) in [5.41, 5.74) is 6.18. The predicted molar refractivity (Wildman–Crippen MR) is 71.9 cm³/mol. The van der Waals surface area contributed by atoms with Crippen molar-refractivity contribution in [3.8, 4) is 0 Å². The zero-order valence-electron chi connectivity index (χ0n) is 10.6. The number of hydrogen-bond donors (Lipinski definition) is 2. The van der Waals surface area contributed by atoms with Crippen LogP contribution < -0.4 is 5.73 Å². The lowest BCUT2D eigenvalue weighted by molar-refractivity contribution is -0.137. The number of rotatable bonds is 6. The van der Waals surface area contributed by atoms with Crippen LogP contribution in [0, 0.1) is 0 Å². The third kappa shape index (κ3) is 12.4. The summed E-state index contributed by atoms with van der Waals surface area (Å²) in [7, 11) is 0. The van der Waals surface area contributed by atoms with Gasteiger partial charge in [-0.05, 0) is 18.6 Å². The molecule has 0 saturated carbocycles. The Morgan fingerprint density at radius 2 is 1.71 bits per heavy atom. The smallest absolute Gasteiger partial charge is 0.303 e. The van der Waals surface area contributed by atoms with Gasteiger partial charge in [-0.3, -0.25) is 4.79 Å². The van der Waals surface area contributed by atoms with Gasteiger partial charge in [-0.15, -0.1) is 0 Å². The standard InChI is InChI=1S/C8H16O2.C6H7N/c1-2-3-4-5-6-7-8(9)10;7-6-4-2-1-3-5-6/h2-7H2,1H3,(H,9,10);1-5H,7H2. The summed E-state index contributed by atoms with van der Waals surface area (Å²) >= 11 is 0. The minimum atomic E-state index is -0.670. The molecule has 0 aliphatic rings. The molecule has 96 valence electrons. The number of carboxylic acid groups (broad SMARTS) is 1. The predicted octanol–water partition coefficient (Wildman–Crippen LogP) is 3.70. The molecule has 0 radical (unpaired) electrons. The van der Waals surface area contributed by atoms with Crippen LogP contribution in [0.4, 0.5) is 5.69 Å². The number of nitrogen functional groups attached to an aromatic ring is 1. The van der Waals surface area contributed by atoms with E-state index < -0.39 is 5.97 Å². The lowest BCUT2D eigenvalue weighted by Crippen LogP contribution is -1.93. The van der Waals surface area contributed by atoms with E-state index in [1.165, 1.54) is 19.3 Å². The van der Waals surface area contributed by atoms with E-state index >= 15 is 0 Å². The van der Waals surface area contributed by atoms with E-state index in [-0.39, 0.29) is 0 Å². The largest absolute Gasteiger partial charge is 0.481 e. The Kier molecular flexibility index (Phi) is 10.0. The highest BCUT2D eigenvalue weighted by Crippen LogP contribution is 2.04. The summed E-state index contributed by atoms with van der Waals surface area (Å²) in [6.45, 7) is 2.15. The highest BCUT2D eigenvalue weighted by atomic mass is 16.4. The lowest BCUT2D eigenvalue weighted by Gasteiger charge is -1.95. The Bertz CT molecular complexity index is 286. The van der Waals surface area contributed by atoms with Gasteiger partial charge in [0.2, 0.25) is 0 Å². The van der Waals surface area contributed by atoms with E-state index in [2.05, 4.69) is 6.92 Å². The first-order valence-electron chi connectivity index (χ1n) is 6.19. The van der Waals surface area contributed by atoms with Crippen molar-refractivity contribution in [2.75, 3.05) is 5.73 Å². The molecule has 0 heterocycles. The van der Waals surface area contributed by atoms with Crippen molar-refractivity contribution in [2.45, 2.75) is 45.4 Å². The minimum Gasteiger partial charge on any atom is -0.481 e. The number of carboxylic acids is 1. The van der Waals surface area contributed by atoms with Crippen molar-refractivity contribution in [3.05, 3.63) is 30.3 Å². The van der Waals surface area contributed by atoms with Gasteiger partial charge in [0.1, 0.15) is 0 Å². The Balaban J connectivity index is 0.000000318. The number of nitrogens with two attached hydrogens (primary N) is 1. The molecule has 3 N–H and O–H groups in total. The molecular formula is C14H23NO2. The zero-order valence-corrected chi connectivity index (χ0v) is 10.6. The molecule has 1 aromatic carbocycles. The molecule has 0 aliphatic heterocycles. The third-order valence-electron chi connectivity index (χ3n) is 2.29. The van der Waals surface area contributed by atoms with Crippen LogP contribution in [0.5, 0.6) is 0 Å². The minimum absolute atomic E-state index is 0.337. The summed E-state index contributed by atoms with van der Waals surface area (Å²) in [4.78, 5) is 10.0. The van der Waals surface area contributed by atoms with Crippen molar-refractivity contribution in [3.63, 3.8) is 0 Å². The quantitative estimate of drug-likeness (QED) is 0.585.